The van der Waals surface area contributed by atoms with E-state index in [1.54, 1.807) is 25.8 Å². The lowest BCUT2D eigenvalue weighted by molar-refractivity contribution is -0.153. The highest BCUT2D eigenvalue weighted by Crippen LogP contribution is 2.35. The normalized spacial score (nSPS) is 23.0. The Morgan fingerprint density at radius 3 is 2.44 bits per heavy atom. The van der Waals surface area contributed by atoms with Gasteiger partial charge in [-0.15, -0.1) is 0 Å². The molecule has 2 atom stereocenters. The van der Waals surface area contributed by atoms with E-state index in [1.165, 1.54) is 0 Å². The fourth-order valence-corrected chi connectivity index (χ4v) is 3.08. The largest absolute Gasteiger partial charge is 0.465 e. The maximum Gasteiger partial charge on any atom is 0.355 e. The number of esters is 2. The highest BCUT2D eigenvalue weighted by Gasteiger charge is 2.49. The van der Waals surface area contributed by atoms with Crippen LogP contribution in [0.3, 0.4) is 0 Å². The van der Waals surface area contributed by atoms with Crippen LogP contribution in [0.15, 0.2) is 35.4 Å². The minimum Gasteiger partial charge on any atom is -0.465 e. The standard InChI is InChI=1S/C19H26N2O4/c1-5-24-17(22)16-19(3,18(23)25-6-2)13-15(21(4)20-16)12-14-10-8-7-9-11-14/h7-11,15H,5-6,12-13H2,1-4H3. The van der Waals surface area contributed by atoms with Crippen LogP contribution in [0.5, 0.6) is 0 Å². The van der Waals surface area contributed by atoms with Gasteiger partial charge in [-0.2, -0.15) is 5.10 Å². The first-order chi connectivity index (χ1) is 11.9. The molecule has 0 aromatic heterocycles. The summed E-state index contributed by atoms with van der Waals surface area (Å²) in [5, 5.41) is 6.16. The number of hydrogen-bond donors (Lipinski definition) is 0. The van der Waals surface area contributed by atoms with E-state index in [0.717, 1.165) is 12.0 Å². The number of nitrogens with zero attached hydrogens (tertiary/aromatic N) is 2. The number of carbonyl (C=O) groups is 2. The van der Waals surface area contributed by atoms with Gasteiger partial charge in [-0.25, -0.2) is 4.79 Å². The Morgan fingerprint density at radius 1 is 1.20 bits per heavy atom. The van der Waals surface area contributed by atoms with E-state index in [1.807, 2.05) is 37.4 Å². The van der Waals surface area contributed by atoms with Crippen molar-refractivity contribution in [3.8, 4) is 0 Å². The molecule has 1 aromatic carbocycles. The van der Waals surface area contributed by atoms with E-state index in [9.17, 15) is 9.59 Å². The Morgan fingerprint density at radius 2 is 1.84 bits per heavy atom. The number of likely N-dealkylation sites (N-methyl/N-ethyl adjacent to an activating group) is 1. The fraction of sp³-hybridized carbons (Fsp3) is 0.526. The number of benzene rings is 1. The van der Waals surface area contributed by atoms with E-state index in [0.29, 0.717) is 6.42 Å². The number of hydrazone groups is 1. The highest BCUT2D eigenvalue weighted by molar-refractivity contribution is 6.42. The second-order valence-electron chi connectivity index (χ2n) is 6.34. The number of rotatable bonds is 6. The van der Waals surface area contributed by atoms with Crippen LogP contribution < -0.4 is 0 Å². The third-order valence-electron chi connectivity index (χ3n) is 4.46. The topological polar surface area (TPSA) is 68.2 Å². The molecule has 1 aliphatic rings. The Labute approximate surface area is 148 Å². The van der Waals surface area contributed by atoms with E-state index >= 15 is 0 Å². The first kappa shape index (κ1) is 19.0. The molecule has 2 unspecified atom stereocenters. The van der Waals surface area contributed by atoms with Crippen molar-refractivity contribution in [2.24, 2.45) is 10.5 Å². The average molecular weight is 346 g/mol. The summed E-state index contributed by atoms with van der Waals surface area (Å²) in [6.45, 7) is 5.67. The lowest BCUT2D eigenvalue weighted by Crippen LogP contribution is -2.52. The maximum atomic E-state index is 12.6. The minimum absolute atomic E-state index is 0.0185. The summed E-state index contributed by atoms with van der Waals surface area (Å²) in [6.07, 6.45) is 1.17. The van der Waals surface area contributed by atoms with Crippen molar-refractivity contribution < 1.29 is 19.1 Å². The molecule has 0 N–H and O–H groups in total. The Hall–Kier alpha value is -2.37. The van der Waals surface area contributed by atoms with E-state index in [4.69, 9.17) is 9.47 Å². The van der Waals surface area contributed by atoms with Crippen LogP contribution >= 0.6 is 0 Å². The van der Waals surface area contributed by atoms with E-state index < -0.39 is 17.4 Å². The van der Waals surface area contributed by atoms with Gasteiger partial charge >= 0.3 is 11.9 Å². The van der Waals surface area contributed by atoms with Crippen molar-refractivity contribution in [1.29, 1.82) is 0 Å². The molecule has 0 saturated heterocycles. The van der Waals surface area contributed by atoms with Gasteiger partial charge in [-0.05, 0) is 39.2 Å². The molecule has 0 saturated carbocycles. The lowest BCUT2D eigenvalue weighted by Gasteiger charge is -2.39. The number of hydrogen-bond acceptors (Lipinski definition) is 6. The van der Waals surface area contributed by atoms with Gasteiger partial charge in [-0.1, -0.05) is 30.3 Å². The highest BCUT2D eigenvalue weighted by atomic mass is 16.5. The Balaban J connectivity index is 2.33. The molecule has 0 spiro atoms. The van der Waals surface area contributed by atoms with Crippen molar-refractivity contribution in [2.45, 2.75) is 39.7 Å². The van der Waals surface area contributed by atoms with E-state index in [2.05, 4.69) is 5.10 Å². The van der Waals surface area contributed by atoms with Gasteiger partial charge in [-0.3, -0.25) is 9.80 Å². The maximum absolute atomic E-state index is 12.6. The van der Waals surface area contributed by atoms with Gasteiger partial charge in [0.1, 0.15) is 5.41 Å². The zero-order valence-corrected chi connectivity index (χ0v) is 15.3. The summed E-state index contributed by atoms with van der Waals surface area (Å²) < 4.78 is 10.3. The molecule has 0 amide bonds. The van der Waals surface area contributed by atoms with Crippen molar-refractivity contribution >= 4 is 17.7 Å². The summed E-state index contributed by atoms with van der Waals surface area (Å²) >= 11 is 0. The second kappa shape index (κ2) is 8.14. The van der Waals surface area contributed by atoms with Gasteiger partial charge in [0, 0.05) is 7.05 Å². The van der Waals surface area contributed by atoms with Crippen LogP contribution in [0, 0.1) is 5.41 Å². The molecule has 0 aliphatic carbocycles. The number of carbonyl (C=O) groups excluding carboxylic acids is 2. The Bertz CT molecular complexity index is 644. The van der Waals surface area contributed by atoms with Crippen LogP contribution in [0.25, 0.3) is 0 Å². The molecular weight excluding hydrogens is 320 g/mol. The molecule has 6 heteroatoms. The van der Waals surface area contributed by atoms with E-state index in [-0.39, 0.29) is 25.0 Å². The molecule has 0 bridgehead atoms. The van der Waals surface area contributed by atoms with Gasteiger partial charge in [0.15, 0.2) is 5.71 Å². The molecule has 6 nitrogen and oxygen atoms in total. The zero-order valence-electron chi connectivity index (χ0n) is 15.3. The van der Waals surface area contributed by atoms with Crippen LogP contribution in [0.1, 0.15) is 32.8 Å². The van der Waals surface area contributed by atoms with Crippen molar-refractivity contribution in [3.05, 3.63) is 35.9 Å². The molecule has 136 valence electrons. The molecule has 0 radical (unpaired) electrons. The van der Waals surface area contributed by atoms with Crippen LogP contribution in [0.4, 0.5) is 0 Å². The number of ether oxygens (including phenoxy) is 2. The zero-order chi connectivity index (χ0) is 18.4. The minimum atomic E-state index is -1.12. The molecule has 2 rings (SSSR count). The van der Waals surface area contributed by atoms with Crippen molar-refractivity contribution in [1.82, 2.24) is 5.01 Å². The SMILES string of the molecule is CCOC(=O)C1=NN(C)C(Cc2ccccc2)CC1(C)C(=O)OCC. The summed E-state index contributed by atoms with van der Waals surface area (Å²) in [5.41, 5.74) is 0.147. The van der Waals surface area contributed by atoms with Gasteiger partial charge in [0.2, 0.25) is 0 Å². The van der Waals surface area contributed by atoms with Gasteiger partial charge < -0.3 is 9.47 Å². The third-order valence-corrected chi connectivity index (χ3v) is 4.46. The predicted molar refractivity (Wildman–Crippen MR) is 95.1 cm³/mol. The second-order valence-corrected chi connectivity index (χ2v) is 6.34. The molecule has 1 aliphatic heterocycles. The summed E-state index contributed by atoms with van der Waals surface area (Å²) in [5.74, 6) is -1.00. The van der Waals surface area contributed by atoms with Gasteiger partial charge in [0.05, 0.1) is 19.3 Å². The van der Waals surface area contributed by atoms with Crippen molar-refractivity contribution in [2.75, 3.05) is 20.3 Å². The molecule has 1 aromatic rings. The van der Waals surface area contributed by atoms with Crippen LogP contribution in [-0.4, -0.2) is 49.0 Å². The molecular formula is C19H26N2O4. The first-order valence-electron chi connectivity index (χ1n) is 8.62. The predicted octanol–water partition coefficient (Wildman–Crippen LogP) is 2.42. The first-order valence-corrected chi connectivity index (χ1v) is 8.62. The van der Waals surface area contributed by atoms with Crippen LogP contribution in [0.2, 0.25) is 0 Å². The molecule has 0 fully saturated rings. The summed E-state index contributed by atoms with van der Waals surface area (Å²) in [4.78, 5) is 25.0. The molecule has 25 heavy (non-hydrogen) atoms. The smallest absolute Gasteiger partial charge is 0.355 e. The summed E-state index contributed by atoms with van der Waals surface area (Å²) in [7, 11) is 1.82. The lowest BCUT2D eigenvalue weighted by atomic mass is 9.76. The Kier molecular flexibility index (Phi) is 6.17. The third kappa shape index (κ3) is 4.18. The average Bonchev–Trinajstić information content (AvgIpc) is 2.59. The van der Waals surface area contributed by atoms with Crippen LogP contribution in [-0.2, 0) is 25.5 Å². The van der Waals surface area contributed by atoms with Crippen molar-refractivity contribution in [3.63, 3.8) is 0 Å². The van der Waals surface area contributed by atoms with Gasteiger partial charge in [0.25, 0.3) is 0 Å². The molecule has 1 heterocycles. The monoisotopic (exact) mass is 346 g/mol. The quantitative estimate of drug-likeness (QED) is 0.740. The summed E-state index contributed by atoms with van der Waals surface area (Å²) in [6, 6.07) is 10.00. The fourth-order valence-electron chi connectivity index (χ4n) is 3.08.